The van der Waals surface area contributed by atoms with Crippen molar-refractivity contribution in [2.45, 2.75) is 20.0 Å². The van der Waals surface area contributed by atoms with Gasteiger partial charge in [0.25, 0.3) is 0 Å². The quantitative estimate of drug-likeness (QED) is 0.768. The Kier molecular flexibility index (Phi) is 3.52. The van der Waals surface area contributed by atoms with Crippen LogP contribution in [0.1, 0.15) is 11.3 Å². The minimum Gasteiger partial charge on any atom is -0.350 e. The first-order valence-electron chi connectivity index (χ1n) is 5.44. The molecule has 2 rings (SSSR count). The molecule has 7 heteroatoms. The molecule has 94 valence electrons. The van der Waals surface area contributed by atoms with Crippen LogP contribution in [-0.4, -0.2) is 25.7 Å². The highest BCUT2D eigenvalue weighted by Crippen LogP contribution is 2.00. The van der Waals surface area contributed by atoms with Gasteiger partial charge in [-0.05, 0) is 13.0 Å². The van der Waals surface area contributed by atoms with Crippen molar-refractivity contribution in [1.29, 1.82) is 0 Å². The van der Waals surface area contributed by atoms with Crippen molar-refractivity contribution in [2.24, 2.45) is 0 Å². The lowest BCUT2D eigenvalue weighted by molar-refractivity contribution is -0.121. The van der Waals surface area contributed by atoms with E-state index in [1.807, 2.05) is 6.92 Å². The summed E-state index contributed by atoms with van der Waals surface area (Å²) >= 11 is 0. The second kappa shape index (κ2) is 5.26. The summed E-state index contributed by atoms with van der Waals surface area (Å²) in [4.78, 5) is 26.5. The van der Waals surface area contributed by atoms with Crippen LogP contribution in [0.15, 0.2) is 29.5 Å². The summed E-state index contributed by atoms with van der Waals surface area (Å²) in [6, 6.07) is 1.61. The summed E-state index contributed by atoms with van der Waals surface area (Å²) in [5.41, 5.74) is 1.39. The third-order valence-corrected chi connectivity index (χ3v) is 2.51. The first-order valence-corrected chi connectivity index (χ1v) is 5.44. The van der Waals surface area contributed by atoms with E-state index in [9.17, 15) is 9.59 Å². The molecule has 1 amide bonds. The number of amides is 1. The second-order valence-corrected chi connectivity index (χ2v) is 3.83. The van der Waals surface area contributed by atoms with Gasteiger partial charge in [0.2, 0.25) is 5.91 Å². The van der Waals surface area contributed by atoms with E-state index < -0.39 is 5.69 Å². The number of aromatic nitrogens is 4. The van der Waals surface area contributed by atoms with Crippen molar-refractivity contribution in [1.82, 2.24) is 25.1 Å². The minimum absolute atomic E-state index is 0.0381. The van der Waals surface area contributed by atoms with Crippen LogP contribution in [0.25, 0.3) is 0 Å². The first-order chi connectivity index (χ1) is 8.66. The molecule has 0 unspecified atom stereocenters. The molecule has 0 radical (unpaired) electrons. The zero-order valence-electron chi connectivity index (χ0n) is 9.88. The summed E-state index contributed by atoms with van der Waals surface area (Å²) in [5, 5.41) is 9.36. The number of hydrogen-bond acceptors (Lipinski definition) is 4. The Balaban J connectivity index is 1.92. The maximum Gasteiger partial charge on any atom is 0.347 e. The van der Waals surface area contributed by atoms with Crippen molar-refractivity contribution < 1.29 is 4.79 Å². The standard InChI is InChI=1S/C11H13N5O2/c1-8-9(6-14-15-8)5-13-10(17)7-16-4-2-3-12-11(16)18/h2-4,6H,5,7H2,1H3,(H,13,17)(H,14,15). The molecule has 0 aliphatic rings. The number of rotatable bonds is 4. The molecule has 0 aliphatic carbocycles. The summed E-state index contributed by atoms with van der Waals surface area (Å²) in [6.07, 6.45) is 4.58. The fourth-order valence-corrected chi connectivity index (χ4v) is 1.47. The first kappa shape index (κ1) is 12.0. The minimum atomic E-state index is -0.438. The van der Waals surface area contributed by atoms with Crippen molar-refractivity contribution in [3.8, 4) is 0 Å². The Bertz CT molecular complexity index is 601. The SMILES string of the molecule is Cc1[nH]ncc1CNC(=O)Cn1cccnc1=O. The fraction of sp³-hybridized carbons (Fsp3) is 0.273. The normalized spacial score (nSPS) is 10.3. The Hall–Kier alpha value is -2.44. The number of H-pyrrole nitrogens is 1. The van der Waals surface area contributed by atoms with Gasteiger partial charge in [0, 0.05) is 30.2 Å². The lowest BCUT2D eigenvalue weighted by Crippen LogP contribution is -2.32. The molecule has 2 aromatic rings. The lowest BCUT2D eigenvalue weighted by Gasteiger charge is -2.05. The van der Waals surface area contributed by atoms with Gasteiger partial charge in [-0.25, -0.2) is 9.78 Å². The van der Waals surface area contributed by atoms with Gasteiger partial charge in [0.15, 0.2) is 0 Å². The highest BCUT2D eigenvalue weighted by atomic mass is 16.2. The van der Waals surface area contributed by atoms with Crippen LogP contribution in [0.2, 0.25) is 0 Å². The van der Waals surface area contributed by atoms with E-state index in [0.29, 0.717) is 6.54 Å². The van der Waals surface area contributed by atoms with Gasteiger partial charge in [-0.3, -0.25) is 14.5 Å². The van der Waals surface area contributed by atoms with Crippen LogP contribution in [-0.2, 0) is 17.9 Å². The van der Waals surface area contributed by atoms with E-state index in [2.05, 4.69) is 20.5 Å². The monoisotopic (exact) mass is 247 g/mol. The van der Waals surface area contributed by atoms with Crippen molar-refractivity contribution in [3.05, 3.63) is 46.4 Å². The molecule has 2 N–H and O–H groups in total. The van der Waals surface area contributed by atoms with E-state index >= 15 is 0 Å². The third-order valence-electron chi connectivity index (χ3n) is 2.51. The Morgan fingerprint density at radius 1 is 1.56 bits per heavy atom. The largest absolute Gasteiger partial charge is 0.350 e. The molecule has 0 aromatic carbocycles. The van der Waals surface area contributed by atoms with Crippen molar-refractivity contribution in [3.63, 3.8) is 0 Å². The third kappa shape index (κ3) is 2.82. The predicted octanol–water partition coefficient (Wildman–Crippen LogP) is -0.409. The van der Waals surface area contributed by atoms with Crippen LogP contribution < -0.4 is 11.0 Å². The number of carbonyl (C=O) groups excluding carboxylic acids is 1. The van der Waals surface area contributed by atoms with E-state index in [4.69, 9.17) is 0 Å². The van der Waals surface area contributed by atoms with Gasteiger partial charge in [0.1, 0.15) is 6.54 Å². The summed E-state index contributed by atoms with van der Waals surface area (Å²) in [6.45, 7) is 2.22. The van der Waals surface area contributed by atoms with Crippen LogP contribution in [0.3, 0.4) is 0 Å². The topological polar surface area (TPSA) is 92.7 Å². The van der Waals surface area contributed by atoms with Gasteiger partial charge in [-0.2, -0.15) is 5.10 Å². The van der Waals surface area contributed by atoms with Crippen LogP contribution in [0.5, 0.6) is 0 Å². The number of carbonyl (C=O) groups is 1. The highest BCUT2D eigenvalue weighted by molar-refractivity contribution is 5.75. The number of aryl methyl sites for hydroxylation is 1. The van der Waals surface area contributed by atoms with Crippen LogP contribution in [0, 0.1) is 6.92 Å². The molecule has 2 aromatic heterocycles. The Morgan fingerprint density at radius 3 is 3.06 bits per heavy atom. The van der Waals surface area contributed by atoms with Crippen LogP contribution in [0.4, 0.5) is 0 Å². The van der Waals surface area contributed by atoms with Gasteiger partial charge in [0.05, 0.1) is 6.20 Å². The zero-order valence-corrected chi connectivity index (χ0v) is 9.88. The number of nitrogens with one attached hydrogen (secondary N) is 2. The molecule has 0 spiro atoms. The lowest BCUT2D eigenvalue weighted by atomic mass is 10.2. The molecular weight excluding hydrogens is 234 g/mol. The highest BCUT2D eigenvalue weighted by Gasteiger charge is 2.06. The molecule has 0 fully saturated rings. The van der Waals surface area contributed by atoms with E-state index in [0.717, 1.165) is 11.3 Å². The zero-order chi connectivity index (χ0) is 13.0. The Labute approximate surface area is 103 Å². The van der Waals surface area contributed by atoms with Gasteiger partial charge in [-0.1, -0.05) is 0 Å². The van der Waals surface area contributed by atoms with Crippen LogP contribution >= 0.6 is 0 Å². The molecular formula is C11H13N5O2. The molecule has 0 saturated heterocycles. The summed E-state index contributed by atoms with van der Waals surface area (Å²) < 4.78 is 1.25. The number of nitrogens with zero attached hydrogens (tertiary/aromatic N) is 3. The van der Waals surface area contributed by atoms with Gasteiger partial charge in [-0.15, -0.1) is 0 Å². The maximum atomic E-state index is 11.6. The fourth-order valence-electron chi connectivity index (χ4n) is 1.47. The van der Waals surface area contributed by atoms with Gasteiger partial charge >= 0.3 is 5.69 Å². The molecule has 7 nitrogen and oxygen atoms in total. The van der Waals surface area contributed by atoms with Gasteiger partial charge < -0.3 is 5.32 Å². The number of aromatic amines is 1. The van der Waals surface area contributed by atoms with E-state index in [1.54, 1.807) is 12.3 Å². The Morgan fingerprint density at radius 2 is 2.39 bits per heavy atom. The summed E-state index contributed by atoms with van der Waals surface area (Å²) in [7, 11) is 0. The molecule has 18 heavy (non-hydrogen) atoms. The predicted molar refractivity (Wildman–Crippen MR) is 63.7 cm³/mol. The average molecular weight is 247 g/mol. The second-order valence-electron chi connectivity index (χ2n) is 3.83. The molecule has 0 atom stereocenters. The maximum absolute atomic E-state index is 11.6. The molecule has 2 heterocycles. The molecule has 0 saturated carbocycles. The van der Waals surface area contributed by atoms with E-state index in [-0.39, 0.29) is 12.5 Å². The average Bonchev–Trinajstić information content (AvgIpc) is 2.75. The smallest absolute Gasteiger partial charge is 0.347 e. The molecule has 0 bridgehead atoms. The van der Waals surface area contributed by atoms with Crippen molar-refractivity contribution >= 4 is 5.91 Å². The summed E-state index contributed by atoms with van der Waals surface area (Å²) in [5.74, 6) is -0.245. The molecule has 0 aliphatic heterocycles. The van der Waals surface area contributed by atoms with Crippen molar-refractivity contribution in [2.75, 3.05) is 0 Å². The van der Waals surface area contributed by atoms with E-state index in [1.165, 1.54) is 17.0 Å². The number of hydrogen-bond donors (Lipinski definition) is 2.